The SMILES string of the molecule is Nc1ccc(/C=C/C2=C(S(=O)(=O)O)CC(N)C=C2)c(S(=O)(=O)O)c1. The minimum absolute atomic E-state index is 0.0814. The van der Waals surface area contributed by atoms with Crippen molar-refractivity contribution in [1.82, 2.24) is 0 Å². The first-order valence-electron chi connectivity index (χ1n) is 6.68. The molecule has 10 heteroatoms. The molecule has 0 saturated heterocycles. The Balaban J connectivity index is 2.53. The van der Waals surface area contributed by atoms with E-state index in [0.29, 0.717) is 0 Å². The van der Waals surface area contributed by atoms with Crippen LogP contribution in [0.4, 0.5) is 5.69 Å². The van der Waals surface area contributed by atoms with Crippen LogP contribution in [0.2, 0.25) is 0 Å². The summed E-state index contributed by atoms with van der Waals surface area (Å²) in [4.78, 5) is -0.679. The lowest BCUT2D eigenvalue weighted by atomic mass is 10.0. The van der Waals surface area contributed by atoms with Gasteiger partial charge < -0.3 is 11.5 Å². The van der Waals surface area contributed by atoms with Crippen LogP contribution in [0, 0.1) is 0 Å². The fraction of sp³-hybridized carbons (Fsp3) is 0.143. The smallest absolute Gasteiger partial charge is 0.295 e. The highest BCUT2D eigenvalue weighted by Crippen LogP contribution is 2.26. The molecule has 0 fully saturated rings. The first kappa shape index (κ1) is 18.4. The second-order valence-electron chi connectivity index (χ2n) is 5.19. The number of nitrogen functional groups attached to an aromatic ring is 1. The molecular formula is C14H16N2O6S2. The monoisotopic (exact) mass is 372 g/mol. The summed E-state index contributed by atoms with van der Waals surface area (Å²) in [6.45, 7) is 0. The van der Waals surface area contributed by atoms with Crippen molar-refractivity contribution in [2.24, 2.45) is 5.73 Å². The molecule has 1 aromatic rings. The van der Waals surface area contributed by atoms with Crippen molar-refractivity contribution in [2.75, 3.05) is 5.73 Å². The van der Waals surface area contributed by atoms with Crippen molar-refractivity contribution in [3.63, 3.8) is 0 Å². The van der Waals surface area contributed by atoms with Gasteiger partial charge in [-0.1, -0.05) is 30.4 Å². The summed E-state index contributed by atoms with van der Waals surface area (Å²) in [6.07, 6.45) is 5.50. The second kappa shape index (κ2) is 6.49. The molecule has 6 N–H and O–H groups in total. The van der Waals surface area contributed by atoms with Crippen molar-refractivity contribution in [2.45, 2.75) is 17.4 Å². The fourth-order valence-electron chi connectivity index (χ4n) is 2.21. The summed E-state index contributed by atoms with van der Waals surface area (Å²) in [7, 11) is -8.96. The first-order chi connectivity index (χ1) is 11.0. The lowest BCUT2D eigenvalue weighted by molar-refractivity contribution is 0.482. The zero-order valence-electron chi connectivity index (χ0n) is 12.3. The molecule has 2 rings (SSSR count). The van der Waals surface area contributed by atoms with Gasteiger partial charge in [0.15, 0.2) is 0 Å². The third-order valence-electron chi connectivity index (χ3n) is 3.34. The number of hydrogen-bond donors (Lipinski definition) is 4. The van der Waals surface area contributed by atoms with Crippen LogP contribution in [0.1, 0.15) is 12.0 Å². The van der Waals surface area contributed by atoms with Gasteiger partial charge in [0.1, 0.15) is 4.90 Å². The zero-order valence-corrected chi connectivity index (χ0v) is 14.0. The highest BCUT2D eigenvalue weighted by Gasteiger charge is 2.22. The van der Waals surface area contributed by atoms with E-state index in [2.05, 4.69) is 0 Å². The van der Waals surface area contributed by atoms with Gasteiger partial charge in [-0.3, -0.25) is 9.11 Å². The summed E-state index contributed by atoms with van der Waals surface area (Å²) in [5, 5.41) is 0. The maximum absolute atomic E-state index is 11.4. The maximum atomic E-state index is 11.4. The largest absolute Gasteiger partial charge is 0.399 e. The molecule has 130 valence electrons. The molecule has 0 spiro atoms. The third kappa shape index (κ3) is 4.30. The van der Waals surface area contributed by atoms with Gasteiger partial charge in [0.25, 0.3) is 20.2 Å². The van der Waals surface area contributed by atoms with Crippen LogP contribution in [-0.4, -0.2) is 32.0 Å². The molecule has 0 aromatic heterocycles. The minimum atomic E-state index is -4.51. The van der Waals surface area contributed by atoms with Crippen LogP contribution in [-0.2, 0) is 20.2 Å². The molecule has 24 heavy (non-hydrogen) atoms. The van der Waals surface area contributed by atoms with E-state index >= 15 is 0 Å². The van der Waals surface area contributed by atoms with E-state index in [-0.39, 0.29) is 28.1 Å². The summed E-state index contributed by atoms with van der Waals surface area (Å²) in [5.41, 5.74) is 11.6. The number of allylic oxidation sites excluding steroid dienone is 3. The van der Waals surface area contributed by atoms with E-state index in [1.807, 2.05) is 0 Å². The predicted molar refractivity (Wildman–Crippen MR) is 90.0 cm³/mol. The van der Waals surface area contributed by atoms with E-state index in [9.17, 15) is 25.9 Å². The molecule has 0 aliphatic heterocycles. The van der Waals surface area contributed by atoms with Gasteiger partial charge in [0.05, 0.1) is 4.91 Å². The average molecular weight is 372 g/mol. The van der Waals surface area contributed by atoms with E-state index < -0.39 is 31.2 Å². The summed E-state index contributed by atoms with van der Waals surface area (Å²) < 4.78 is 64.3. The van der Waals surface area contributed by atoms with E-state index in [1.165, 1.54) is 30.4 Å². The molecule has 1 atom stereocenters. The number of hydrogen-bond acceptors (Lipinski definition) is 6. The van der Waals surface area contributed by atoms with Crippen LogP contribution < -0.4 is 11.5 Å². The number of anilines is 1. The van der Waals surface area contributed by atoms with Crippen molar-refractivity contribution in [3.05, 3.63) is 52.5 Å². The molecule has 1 unspecified atom stereocenters. The van der Waals surface area contributed by atoms with Gasteiger partial charge in [-0.15, -0.1) is 0 Å². The molecule has 0 amide bonds. The Morgan fingerprint density at radius 3 is 2.33 bits per heavy atom. The Bertz CT molecular complexity index is 959. The van der Waals surface area contributed by atoms with Gasteiger partial charge in [0, 0.05) is 18.2 Å². The normalized spacial score (nSPS) is 19.2. The van der Waals surface area contributed by atoms with Crippen LogP contribution >= 0.6 is 0 Å². The number of benzene rings is 1. The van der Waals surface area contributed by atoms with Crippen LogP contribution in [0.15, 0.2) is 51.8 Å². The van der Waals surface area contributed by atoms with Gasteiger partial charge in [-0.25, -0.2) is 0 Å². The Hall–Kier alpha value is -1.98. The van der Waals surface area contributed by atoms with E-state index in [0.717, 1.165) is 6.07 Å². The number of nitrogens with two attached hydrogens (primary N) is 2. The molecule has 0 bridgehead atoms. The van der Waals surface area contributed by atoms with Crippen LogP contribution in [0.25, 0.3) is 6.08 Å². The highest BCUT2D eigenvalue weighted by atomic mass is 32.2. The van der Waals surface area contributed by atoms with E-state index in [1.54, 1.807) is 6.08 Å². The first-order valence-corrected chi connectivity index (χ1v) is 9.56. The molecule has 0 saturated carbocycles. The molecule has 8 nitrogen and oxygen atoms in total. The molecule has 0 radical (unpaired) electrons. The summed E-state index contributed by atoms with van der Waals surface area (Å²) in [6, 6.07) is 3.32. The lowest BCUT2D eigenvalue weighted by Crippen LogP contribution is -2.23. The second-order valence-corrected chi connectivity index (χ2v) is 8.02. The highest BCUT2D eigenvalue weighted by molar-refractivity contribution is 7.89. The van der Waals surface area contributed by atoms with Crippen LogP contribution in [0.5, 0.6) is 0 Å². The Morgan fingerprint density at radius 1 is 1.08 bits per heavy atom. The van der Waals surface area contributed by atoms with Crippen molar-refractivity contribution >= 4 is 32.0 Å². The fourth-order valence-corrected chi connectivity index (χ4v) is 3.77. The van der Waals surface area contributed by atoms with Crippen molar-refractivity contribution in [1.29, 1.82) is 0 Å². The summed E-state index contributed by atoms with van der Waals surface area (Å²) in [5.74, 6) is 0. The van der Waals surface area contributed by atoms with E-state index in [4.69, 9.17) is 11.5 Å². The lowest BCUT2D eigenvalue weighted by Gasteiger charge is -2.16. The van der Waals surface area contributed by atoms with Crippen LogP contribution in [0.3, 0.4) is 0 Å². The molecule has 1 aromatic carbocycles. The minimum Gasteiger partial charge on any atom is -0.399 e. The van der Waals surface area contributed by atoms with Crippen molar-refractivity contribution < 1.29 is 25.9 Å². The van der Waals surface area contributed by atoms with Gasteiger partial charge >= 0.3 is 0 Å². The molecular weight excluding hydrogens is 356 g/mol. The topological polar surface area (TPSA) is 161 Å². The van der Waals surface area contributed by atoms with Gasteiger partial charge in [-0.2, -0.15) is 16.8 Å². The Kier molecular flexibility index (Phi) is 4.97. The standard InChI is InChI=1S/C14H16N2O6S2/c15-11-5-3-9(13(7-11)23(17,18)19)1-2-10-4-6-12(16)8-14(10)24(20,21)22/h1-7,12H,8,15-16H2,(H,17,18,19)(H,20,21,22)/b2-1+. The maximum Gasteiger partial charge on any atom is 0.295 e. The quantitative estimate of drug-likeness (QED) is 0.449. The average Bonchev–Trinajstić information content (AvgIpc) is 2.45. The third-order valence-corrected chi connectivity index (χ3v) is 5.27. The molecule has 1 aliphatic rings. The van der Waals surface area contributed by atoms with Gasteiger partial charge in [-0.05, 0) is 23.3 Å². The predicted octanol–water partition coefficient (Wildman–Crippen LogP) is 0.958. The Morgan fingerprint density at radius 2 is 1.75 bits per heavy atom. The zero-order chi connectivity index (χ0) is 18.1. The number of rotatable bonds is 4. The van der Waals surface area contributed by atoms with Crippen molar-refractivity contribution in [3.8, 4) is 0 Å². The molecule has 0 heterocycles. The Labute approximate surface area is 139 Å². The summed E-state index contributed by atoms with van der Waals surface area (Å²) >= 11 is 0. The van der Waals surface area contributed by atoms with Gasteiger partial charge in [0.2, 0.25) is 0 Å². The molecule has 1 aliphatic carbocycles.